The lowest BCUT2D eigenvalue weighted by Gasteiger charge is -2.31. The molecule has 0 amide bonds. The Labute approximate surface area is 347 Å². The fraction of sp³-hybridized carbons (Fsp3) is 0.103. The van der Waals surface area contributed by atoms with Gasteiger partial charge >= 0.3 is 0 Å². The predicted octanol–water partition coefficient (Wildman–Crippen LogP) is 15.9. The number of benzene rings is 9. The Kier molecular flexibility index (Phi) is 7.94. The molecule has 0 N–H and O–H groups in total. The van der Waals surface area contributed by atoms with Crippen LogP contribution in [0.4, 0.5) is 17.1 Å². The molecule has 9 aromatic rings. The van der Waals surface area contributed by atoms with E-state index in [2.05, 4.69) is 233 Å². The first kappa shape index (κ1) is 35.2. The van der Waals surface area contributed by atoms with Crippen LogP contribution in [0, 0.1) is 0 Å². The van der Waals surface area contributed by atoms with Gasteiger partial charge < -0.3 is 4.90 Å². The van der Waals surface area contributed by atoms with E-state index in [9.17, 15) is 0 Å². The zero-order valence-corrected chi connectivity index (χ0v) is 34.0. The van der Waals surface area contributed by atoms with Crippen LogP contribution in [0.3, 0.4) is 0 Å². The molecule has 0 aromatic heterocycles. The van der Waals surface area contributed by atoms with Crippen LogP contribution in [0.5, 0.6) is 0 Å². The van der Waals surface area contributed by atoms with Gasteiger partial charge in [-0.15, -0.1) is 0 Å². The number of fused-ring (bicyclic) bond motifs is 7. The summed E-state index contributed by atoms with van der Waals surface area (Å²) in [5, 5.41) is 2.49. The van der Waals surface area contributed by atoms with Crippen molar-refractivity contribution in [1.29, 1.82) is 0 Å². The summed E-state index contributed by atoms with van der Waals surface area (Å²) in [4.78, 5) is 2.51. The fourth-order valence-electron chi connectivity index (χ4n) is 10.4. The van der Waals surface area contributed by atoms with Crippen molar-refractivity contribution in [3.63, 3.8) is 0 Å². The summed E-state index contributed by atoms with van der Waals surface area (Å²) in [5.41, 5.74) is 21.3. The van der Waals surface area contributed by atoms with Crippen LogP contribution >= 0.6 is 0 Å². The Morgan fingerprint density at radius 3 is 1.64 bits per heavy atom. The summed E-state index contributed by atoms with van der Waals surface area (Å²) >= 11 is 0. The molecule has 0 spiro atoms. The molecule has 2 aliphatic carbocycles. The molecule has 0 saturated carbocycles. The maximum atomic E-state index is 2.51. The van der Waals surface area contributed by atoms with Gasteiger partial charge in [-0.1, -0.05) is 198 Å². The second-order valence-corrected chi connectivity index (χ2v) is 17.3. The van der Waals surface area contributed by atoms with Crippen LogP contribution in [0.1, 0.15) is 49.9 Å². The van der Waals surface area contributed by atoms with E-state index in [1.807, 2.05) is 0 Å². The third kappa shape index (κ3) is 5.38. The van der Waals surface area contributed by atoms with Crippen molar-refractivity contribution in [1.82, 2.24) is 0 Å². The third-order valence-electron chi connectivity index (χ3n) is 13.3. The predicted molar refractivity (Wildman–Crippen MR) is 250 cm³/mol. The van der Waals surface area contributed by atoms with Crippen LogP contribution in [-0.4, -0.2) is 0 Å². The Morgan fingerprint density at radius 1 is 0.322 bits per heavy atom. The number of hydrogen-bond acceptors (Lipinski definition) is 1. The van der Waals surface area contributed by atoms with E-state index in [4.69, 9.17) is 0 Å². The van der Waals surface area contributed by atoms with Crippen molar-refractivity contribution >= 4 is 27.8 Å². The second-order valence-electron chi connectivity index (χ2n) is 17.3. The molecule has 0 radical (unpaired) electrons. The molecule has 0 atom stereocenters. The highest BCUT2D eigenvalue weighted by Gasteiger charge is 2.38. The van der Waals surface area contributed by atoms with E-state index in [0.717, 1.165) is 17.1 Å². The molecule has 0 fully saturated rings. The molecule has 0 saturated heterocycles. The number of rotatable bonds is 6. The highest BCUT2D eigenvalue weighted by atomic mass is 15.1. The maximum absolute atomic E-state index is 2.51. The fourth-order valence-corrected chi connectivity index (χ4v) is 10.4. The lowest BCUT2D eigenvalue weighted by Crippen LogP contribution is -2.15. The molecule has 0 bridgehead atoms. The summed E-state index contributed by atoms with van der Waals surface area (Å²) < 4.78 is 0. The topological polar surface area (TPSA) is 3.24 Å². The quantitative estimate of drug-likeness (QED) is 0.163. The van der Waals surface area contributed by atoms with E-state index >= 15 is 0 Å². The molecule has 11 rings (SSSR count). The van der Waals surface area contributed by atoms with Crippen molar-refractivity contribution in [3.05, 3.63) is 222 Å². The van der Waals surface area contributed by atoms with Crippen molar-refractivity contribution in [2.24, 2.45) is 0 Å². The molecule has 0 unspecified atom stereocenters. The zero-order chi connectivity index (χ0) is 39.9. The summed E-state index contributed by atoms with van der Waals surface area (Å²) in [6.07, 6.45) is 0. The first-order valence-electron chi connectivity index (χ1n) is 20.9. The Hall–Kier alpha value is -6.96. The van der Waals surface area contributed by atoms with Crippen molar-refractivity contribution in [2.75, 3.05) is 4.90 Å². The van der Waals surface area contributed by atoms with Gasteiger partial charge in [0.25, 0.3) is 0 Å². The molecule has 1 nitrogen and oxygen atoms in total. The molecule has 1 heteroatoms. The largest absolute Gasteiger partial charge is 0.309 e. The van der Waals surface area contributed by atoms with E-state index in [0.29, 0.717) is 0 Å². The molecule has 9 aromatic carbocycles. The maximum Gasteiger partial charge on any atom is 0.0540 e. The number of nitrogens with zero attached hydrogens (tertiary/aromatic N) is 1. The molecular weight excluding hydrogens is 711 g/mol. The first-order chi connectivity index (χ1) is 28.8. The number of para-hydroxylation sites is 2. The van der Waals surface area contributed by atoms with Gasteiger partial charge in [0.15, 0.2) is 0 Å². The van der Waals surface area contributed by atoms with Gasteiger partial charge in [0.05, 0.1) is 11.4 Å². The van der Waals surface area contributed by atoms with Gasteiger partial charge in [0.1, 0.15) is 0 Å². The smallest absolute Gasteiger partial charge is 0.0540 e. The highest BCUT2D eigenvalue weighted by Crippen LogP contribution is 2.55. The van der Waals surface area contributed by atoms with Crippen molar-refractivity contribution in [3.8, 4) is 55.6 Å². The Morgan fingerprint density at radius 2 is 0.831 bits per heavy atom. The molecule has 282 valence electrons. The van der Waals surface area contributed by atoms with Gasteiger partial charge in [-0.05, 0) is 108 Å². The van der Waals surface area contributed by atoms with Crippen LogP contribution in [0.2, 0.25) is 0 Å². The monoisotopic (exact) mass is 755 g/mol. The normalized spacial score (nSPS) is 14.0. The number of hydrogen-bond donors (Lipinski definition) is 0. The second kappa shape index (κ2) is 13.3. The third-order valence-corrected chi connectivity index (χ3v) is 13.3. The van der Waals surface area contributed by atoms with Crippen LogP contribution in [0.15, 0.2) is 200 Å². The molecule has 0 aliphatic heterocycles. The minimum absolute atomic E-state index is 0.100. The molecular formula is C58H45N. The van der Waals surface area contributed by atoms with E-state index < -0.39 is 0 Å². The molecule has 59 heavy (non-hydrogen) atoms. The van der Waals surface area contributed by atoms with Crippen LogP contribution < -0.4 is 4.90 Å². The van der Waals surface area contributed by atoms with Crippen molar-refractivity contribution in [2.45, 2.75) is 38.5 Å². The summed E-state index contributed by atoms with van der Waals surface area (Å²) in [6.45, 7) is 9.47. The summed E-state index contributed by atoms with van der Waals surface area (Å²) in [7, 11) is 0. The van der Waals surface area contributed by atoms with Gasteiger partial charge in [0.2, 0.25) is 0 Å². The summed E-state index contributed by atoms with van der Waals surface area (Å²) in [5.74, 6) is 0. The van der Waals surface area contributed by atoms with Crippen LogP contribution in [0.25, 0.3) is 66.4 Å². The highest BCUT2D eigenvalue weighted by molar-refractivity contribution is 6.01. The van der Waals surface area contributed by atoms with E-state index in [1.165, 1.54) is 88.7 Å². The zero-order valence-electron chi connectivity index (χ0n) is 34.0. The standard InChI is InChI=1S/C58H45N/c1-57(2)51-30-12-8-26-49(51)56-48(28-17-31-52(56)57)47-25-10-14-33-55(47)59(41-21-15-20-39(36-41)43-27-16-19-38-18-5-6-22-42(38)43)54-32-13-9-23-44(54)40-34-35-46-45-24-7-11-29-50(45)58(3,4)53(46)37-40/h5-37H,1-4H3. The average Bonchev–Trinajstić information content (AvgIpc) is 3.66. The SMILES string of the molecule is CC1(C)c2ccccc2-c2ccc(-c3ccccc3N(c3cccc(-c4cccc5ccccc45)c3)c3ccccc3-c3cccc4c3-c3ccccc3C4(C)C)cc21. The summed E-state index contributed by atoms with van der Waals surface area (Å²) in [6, 6.07) is 74.4. The van der Waals surface area contributed by atoms with Gasteiger partial charge in [-0.25, -0.2) is 0 Å². The molecule has 2 aliphatic rings. The van der Waals surface area contributed by atoms with Gasteiger partial charge in [-0.2, -0.15) is 0 Å². The minimum atomic E-state index is -0.103. The molecule has 0 heterocycles. The minimum Gasteiger partial charge on any atom is -0.309 e. The van der Waals surface area contributed by atoms with E-state index in [1.54, 1.807) is 0 Å². The lowest BCUT2D eigenvalue weighted by molar-refractivity contribution is 0.660. The van der Waals surface area contributed by atoms with Crippen molar-refractivity contribution < 1.29 is 0 Å². The lowest BCUT2D eigenvalue weighted by atomic mass is 9.81. The van der Waals surface area contributed by atoms with Crippen LogP contribution in [-0.2, 0) is 10.8 Å². The van der Waals surface area contributed by atoms with Gasteiger partial charge in [0, 0.05) is 27.6 Å². The van der Waals surface area contributed by atoms with Gasteiger partial charge in [-0.3, -0.25) is 0 Å². The first-order valence-corrected chi connectivity index (χ1v) is 20.9. The Balaban J connectivity index is 1.16. The Bertz CT molecular complexity index is 3120. The number of anilines is 3. The average molecular weight is 756 g/mol. The van der Waals surface area contributed by atoms with E-state index in [-0.39, 0.29) is 10.8 Å².